The van der Waals surface area contributed by atoms with Crippen LogP contribution in [0.5, 0.6) is 0 Å². The number of aromatic nitrogens is 3. The Morgan fingerprint density at radius 3 is 2.58 bits per heavy atom. The molecule has 0 aliphatic rings. The number of benzene rings is 2. The van der Waals surface area contributed by atoms with E-state index in [1.165, 1.54) is 5.56 Å². The number of aryl methyl sites for hydroxylation is 2. The molecule has 0 fully saturated rings. The largest absolute Gasteiger partial charge is 0.365 e. The number of anilines is 1. The summed E-state index contributed by atoms with van der Waals surface area (Å²) >= 11 is 0. The van der Waals surface area contributed by atoms with Gasteiger partial charge in [-0.1, -0.05) is 47.1 Å². The highest BCUT2D eigenvalue weighted by atomic mass is 16.5. The molecule has 0 aliphatic carbocycles. The summed E-state index contributed by atoms with van der Waals surface area (Å²) in [6.45, 7) is 4.80. The van der Waals surface area contributed by atoms with Crippen molar-refractivity contribution in [2.24, 2.45) is 0 Å². The average Bonchev–Trinajstić information content (AvgIpc) is 3.23. The Bertz CT molecular complexity index is 1180. The Hall–Kier alpha value is -4.00. The molecule has 0 radical (unpaired) electrons. The minimum absolute atomic E-state index is 0.109. The van der Waals surface area contributed by atoms with Crippen LogP contribution in [-0.2, 0) is 13.1 Å². The molecule has 0 unspecified atom stereocenters. The van der Waals surface area contributed by atoms with Crippen LogP contribution in [0, 0.1) is 13.8 Å². The zero-order chi connectivity index (χ0) is 21.6. The van der Waals surface area contributed by atoms with Crippen molar-refractivity contribution in [2.45, 2.75) is 26.9 Å². The first-order chi connectivity index (χ1) is 15.1. The van der Waals surface area contributed by atoms with Gasteiger partial charge in [-0.15, -0.1) is 0 Å². The SMILES string of the molecule is Cc1ccc(CNC(=O)c2cccc(CNc3ncccc3-c3nc(C)no3)c2)cc1. The van der Waals surface area contributed by atoms with Crippen molar-refractivity contribution in [1.29, 1.82) is 0 Å². The van der Waals surface area contributed by atoms with Crippen molar-refractivity contribution >= 4 is 11.7 Å². The van der Waals surface area contributed by atoms with E-state index < -0.39 is 0 Å². The van der Waals surface area contributed by atoms with Crippen molar-refractivity contribution in [2.75, 3.05) is 5.32 Å². The van der Waals surface area contributed by atoms with Crippen molar-refractivity contribution in [3.8, 4) is 11.5 Å². The minimum Gasteiger partial charge on any atom is -0.365 e. The van der Waals surface area contributed by atoms with Gasteiger partial charge < -0.3 is 15.2 Å². The fourth-order valence-corrected chi connectivity index (χ4v) is 3.12. The lowest BCUT2D eigenvalue weighted by atomic mass is 10.1. The molecule has 31 heavy (non-hydrogen) atoms. The monoisotopic (exact) mass is 413 g/mol. The topological polar surface area (TPSA) is 92.9 Å². The predicted molar refractivity (Wildman–Crippen MR) is 118 cm³/mol. The van der Waals surface area contributed by atoms with E-state index in [0.29, 0.717) is 36.2 Å². The molecule has 0 bridgehead atoms. The number of nitrogens with zero attached hydrogens (tertiary/aromatic N) is 3. The quantitative estimate of drug-likeness (QED) is 0.469. The zero-order valence-corrected chi connectivity index (χ0v) is 17.4. The lowest BCUT2D eigenvalue weighted by molar-refractivity contribution is 0.0951. The Kier molecular flexibility index (Phi) is 6.03. The van der Waals surface area contributed by atoms with Crippen LogP contribution in [0.4, 0.5) is 5.82 Å². The standard InChI is InChI=1S/C24H23N5O2/c1-16-8-10-18(11-9-16)14-27-23(30)20-6-3-5-19(13-20)15-26-22-21(7-4-12-25-22)24-28-17(2)29-31-24/h3-13H,14-15H2,1-2H3,(H,25,26)(H,27,30). The molecule has 7 heteroatoms. The number of rotatable bonds is 7. The van der Waals surface area contributed by atoms with Gasteiger partial charge in [0.25, 0.3) is 11.8 Å². The van der Waals surface area contributed by atoms with Crippen molar-refractivity contribution in [3.63, 3.8) is 0 Å². The van der Waals surface area contributed by atoms with E-state index in [9.17, 15) is 4.79 Å². The number of pyridine rings is 1. The molecule has 2 N–H and O–H groups in total. The van der Waals surface area contributed by atoms with Gasteiger partial charge in [0.1, 0.15) is 5.82 Å². The maximum atomic E-state index is 12.6. The Morgan fingerprint density at radius 1 is 0.968 bits per heavy atom. The summed E-state index contributed by atoms with van der Waals surface area (Å²) in [6.07, 6.45) is 1.70. The third kappa shape index (κ3) is 5.14. The second-order valence-electron chi connectivity index (χ2n) is 7.27. The molecule has 0 atom stereocenters. The molecule has 0 saturated heterocycles. The summed E-state index contributed by atoms with van der Waals surface area (Å²) in [5.74, 6) is 1.51. The molecule has 0 saturated carbocycles. The van der Waals surface area contributed by atoms with Crippen LogP contribution in [0.15, 0.2) is 71.4 Å². The maximum absolute atomic E-state index is 12.6. The van der Waals surface area contributed by atoms with E-state index in [1.807, 2.05) is 61.5 Å². The second-order valence-corrected chi connectivity index (χ2v) is 7.27. The fraction of sp³-hybridized carbons (Fsp3) is 0.167. The normalized spacial score (nSPS) is 10.6. The highest BCUT2D eigenvalue weighted by Crippen LogP contribution is 2.24. The van der Waals surface area contributed by atoms with E-state index in [2.05, 4.69) is 25.8 Å². The van der Waals surface area contributed by atoms with Gasteiger partial charge in [0, 0.05) is 24.8 Å². The van der Waals surface area contributed by atoms with E-state index >= 15 is 0 Å². The molecule has 4 rings (SSSR count). The van der Waals surface area contributed by atoms with Gasteiger partial charge >= 0.3 is 0 Å². The smallest absolute Gasteiger partial charge is 0.261 e. The van der Waals surface area contributed by atoms with Gasteiger partial charge in [-0.3, -0.25) is 4.79 Å². The number of nitrogens with one attached hydrogen (secondary N) is 2. The van der Waals surface area contributed by atoms with E-state index in [1.54, 1.807) is 19.2 Å². The molecule has 2 heterocycles. The third-order valence-corrected chi connectivity index (χ3v) is 4.79. The zero-order valence-electron chi connectivity index (χ0n) is 17.4. The van der Waals surface area contributed by atoms with Crippen LogP contribution in [0.3, 0.4) is 0 Å². The van der Waals surface area contributed by atoms with E-state index in [4.69, 9.17) is 4.52 Å². The molecule has 7 nitrogen and oxygen atoms in total. The van der Waals surface area contributed by atoms with E-state index in [-0.39, 0.29) is 5.91 Å². The molecule has 0 spiro atoms. The number of carbonyl (C=O) groups excluding carboxylic acids is 1. The van der Waals surface area contributed by atoms with Crippen molar-refractivity contribution < 1.29 is 9.32 Å². The summed E-state index contributed by atoms with van der Waals surface area (Å²) in [4.78, 5) is 21.2. The molecular formula is C24H23N5O2. The van der Waals surface area contributed by atoms with Crippen LogP contribution in [0.25, 0.3) is 11.5 Å². The highest BCUT2D eigenvalue weighted by molar-refractivity contribution is 5.94. The Morgan fingerprint density at radius 2 is 1.81 bits per heavy atom. The molecule has 4 aromatic rings. The average molecular weight is 413 g/mol. The van der Waals surface area contributed by atoms with Crippen LogP contribution < -0.4 is 10.6 Å². The van der Waals surface area contributed by atoms with Crippen molar-refractivity contribution in [3.05, 3.63) is 94.9 Å². The van der Waals surface area contributed by atoms with Gasteiger partial charge in [-0.25, -0.2) is 4.98 Å². The molecule has 156 valence electrons. The fourth-order valence-electron chi connectivity index (χ4n) is 3.12. The number of amides is 1. The molecule has 0 aliphatic heterocycles. The lowest BCUT2D eigenvalue weighted by Gasteiger charge is -2.10. The lowest BCUT2D eigenvalue weighted by Crippen LogP contribution is -2.22. The summed E-state index contributed by atoms with van der Waals surface area (Å²) in [7, 11) is 0. The van der Waals surface area contributed by atoms with Crippen LogP contribution in [0.1, 0.15) is 32.9 Å². The van der Waals surface area contributed by atoms with Gasteiger partial charge in [0.05, 0.1) is 5.56 Å². The predicted octanol–water partition coefficient (Wildman–Crippen LogP) is 4.29. The van der Waals surface area contributed by atoms with Gasteiger partial charge in [0.2, 0.25) is 0 Å². The van der Waals surface area contributed by atoms with Crippen LogP contribution in [-0.4, -0.2) is 21.0 Å². The third-order valence-electron chi connectivity index (χ3n) is 4.79. The first-order valence-corrected chi connectivity index (χ1v) is 10.0. The summed E-state index contributed by atoms with van der Waals surface area (Å²) in [5, 5.41) is 10.1. The van der Waals surface area contributed by atoms with E-state index in [0.717, 1.165) is 16.7 Å². The second kappa shape index (κ2) is 9.21. The minimum atomic E-state index is -0.109. The van der Waals surface area contributed by atoms with Gasteiger partial charge in [-0.05, 0) is 49.2 Å². The molecule has 1 amide bonds. The first-order valence-electron chi connectivity index (χ1n) is 10.0. The number of carbonyl (C=O) groups is 1. The summed E-state index contributed by atoms with van der Waals surface area (Å²) in [5.41, 5.74) is 4.56. The maximum Gasteiger partial charge on any atom is 0.261 e. The molecule has 2 aromatic heterocycles. The number of hydrogen-bond donors (Lipinski definition) is 2. The Labute approximate surface area is 180 Å². The van der Waals surface area contributed by atoms with Crippen LogP contribution in [0.2, 0.25) is 0 Å². The molecule has 2 aromatic carbocycles. The summed E-state index contributed by atoms with van der Waals surface area (Å²) < 4.78 is 5.27. The molecular weight excluding hydrogens is 390 g/mol. The van der Waals surface area contributed by atoms with Gasteiger partial charge in [0.15, 0.2) is 5.82 Å². The Balaban J connectivity index is 1.41. The van der Waals surface area contributed by atoms with Crippen molar-refractivity contribution in [1.82, 2.24) is 20.4 Å². The van der Waals surface area contributed by atoms with Crippen LogP contribution >= 0.6 is 0 Å². The highest BCUT2D eigenvalue weighted by Gasteiger charge is 2.13. The first kappa shape index (κ1) is 20.3. The summed E-state index contributed by atoms with van der Waals surface area (Å²) in [6, 6.07) is 19.3. The van der Waals surface area contributed by atoms with Gasteiger partial charge in [-0.2, -0.15) is 4.98 Å². The number of hydrogen-bond acceptors (Lipinski definition) is 6.